The molecule has 0 fully saturated rings. The third-order valence-corrected chi connectivity index (χ3v) is 3.11. The first-order chi connectivity index (χ1) is 8.22. The Morgan fingerprint density at radius 2 is 2.35 bits per heavy atom. The molecule has 0 radical (unpaired) electrons. The van der Waals surface area contributed by atoms with Crippen molar-refractivity contribution in [3.8, 4) is 0 Å². The summed E-state index contributed by atoms with van der Waals surface area (Å²) in [4.78, 5) is 13.9. The van der Waals surface area contributed by atoms with Gasteiger partial charge in [-0.25, -0.2) is 0 Å². The van der Waals surface area contributed by atoms with Gasteiger partial charge in [0.25, 0.3) is 5.91 Å². The fourth-order valence-corrected chi connectivity index (χ4v) is 2.03. The number of fused-ring (bicyclic) bond motifs is 1. The molecule has 1 aliphatic rings. The number of rotatable bonds is 4. The molecule has 0 saturated heterocycles. The Labute approximate surface area is 102 Å². The van der Waals surface area contributed by atoms with E-state index in [0.29, 0.717) is 0 Å². The van der Waals surface area contributed by atoms with E-state index in [0.717, 1.165) is 37.3 Å². The summed E-state index contributed by atoms with van der Waals surface area (Å²) >= 11 is 0. The number of carbonyl (C=O) groups is 1. The molecule has 0 atom stereocenters. The maximum Gasteiger partial charge on any atom is 0.253 e. The van der Waals surface area contributed by atoms with Crippen molar-refractivity contribution in [3.63, 3.8) is 0 Å². The van der Waals surface area contributed by atoms with E-state index in [4.69, 9.17) is 0 Å². The highest BCUT2D eigenvalue weighted by Crippen LogP contribution is 2.23. The maximum atomic E-state index is 12.1. The lowest BCUT2D eigenvalue weighted by molar-refractivity contribution is 0.0797. The summed E-state index contributed by atoms with van der Waals surface area (Å²) in [5.41, 5.74) is 3.18. The van der Waals surface area contributed by atoms with Crippen LogP contribution in [0.15, 0.2) is 18.2 Å². The largest absolute Gasteiger partial charge is 0.384 e. The van der Waals surface area contributed by atoms with E-state index in [9.17, 15) is 4.79 Å². The number of nitrogens with one attached hydrogen (secondary N) is 2. The topological polar surface area (TPSA) is 44.4 Å². The van der Waals surface area contributed by atoms with Gasteiger partial charge in [-0.1, -0.05) is 6.07 Å². The number of likely N-dealkylation sites (N-methyl/N-ethyl adjacent to an activating group) is 2. The lowest BCUT2D eigenvalue weighted by atomic mass is 10.1. The van der Waals surface area contributed by atoms with E-state index in [-0.39, 0.29) is 5.91 Å². The quantitative estimate of drug-likeness (QED) is 0.813. The minimum Gasteiger partial charge on any atom is -0.384 e. The number of anilines is 1. The fraction of sp³-hybridized carbons (Fsp3) is 0.462. The molecule has 1 aromatic carbocycles. The van der Waals surface area contributed by atoms with Gasteiger partial charge in [0.1, 0.15) is 0 Å². The van der Waals surface area contributed by atoms with Crippen molar-refractivity contribution in [1.29, 1.82) is 0 Å². The van der Waals surface area contributed by atoms with E-state index in [1.165, 1.54) is 5.56 Å². The molecule has 2 N–H and O–H groups in total. The van der Waals surface area contributed by atoms with Crippen LogP contribution in [0.1, 0.15) is 15.9 Å². The van der Waals surface area contributed by atoms with Crippen LogP contribution in [-0.2, 0) is 6.42 Å². The zero-order valence-electron chi connectivity index (χ0n) is 10.4. The van der Waals surface area contributed by atoms with E-state index in [1.54, 1.807) is 4.90 Å². The molecule has 0 bridgehead atoms. The molecule has 4 heteroatoms. The van der Waals surface area contributed by atoms with E-state index >= 15 is 0 Å². The second kappa shape index (κ2) is 5.19. The molecule has 17 heavy (non-hydrogen) atoms. The molecule has 0 unspecified atom stereocenters. The fourth-order valence-electron chi connectivity index (χ4n) is 2.03. The Morgan fingerprint density at radius 1 is 1.53 bits per heavy atom. The van der Waals surface area contributed by atoms with Crippen molar-refractivity contribution in [2.75, 3.05) is 39.0 Å². The van der Waals surface area contributed by atoms with Crippen molar-refractivity contribution < 1.29 is 4.79 Å². The SMILES string of the molecule is CNCCN(C)C(=O)c1ccc2c(c1)NCC2. The molecule has 0 saturated carbocycles. The summed E-state index contributed by atoms with van der Waals surface area (Å²) in [5.74, 6) is 0.0803. The number of nitrogens with zero attached hydrogens (tertiary/aromatic N) is 1. The van der Waals surface area contributed by atoms with Crippen molar-refractivity contribution in [1.82, 2.24) is 10.2 Å². The smallest absolute Gasteiger partial charge is 0.253 e. The van der Waals surface area contributed by atoms with Crippen LogP contribution in [0.5, 0.6) is 0 Å². The molecular weight excluding hydrogens is 214 g/mol. The van der Waals surface area contributed by atoms with Crippen molar-refractivity contribution in [2.45, 2.75) is 6.42 Å². The molecule has 1 heterocycles. The Balaban J connectivity index is 2.09. The van der Waals surface area contributed by atoms with Crippen LogP contribution in [0.3, 0.4) is 0 Å². The van der Waals surface area contributed by atoms with E-state index in [2.05, 4.69) is 16.7 Å². The van der Waals surface area contributed by atoms with Gasteiger partial charge in [-0.05, 0) is 31.2 Å². The van der Waals surface area contributed by atoms with Gasteiger partial charge in [0, 0.05) is 37.9 Å². The first kappa shape index (κ1) is 11.9. The first-order valence-corrected chi connectivity index (χ1v) is 5.99. The Morgan fingerprint density at radius 3 is 3.12 bits per heavy atom. The number of benzene rings is 1. The molecule has 0 aliphatic carbocycles. The zero-order valence-corrected chi connectivity index (χ0v) is 10.4. The van der Waals surface area contributed by atoms with Gasteiger partial charge < -0.3 is 15.5 Å². The standard InChI is InChI=1S/C13H19N3O/c1-14-7-8-16(2)13(17)11-4-3-10-5-6-15-12(10)9-11/h3-4,9,14-15H,5-8H2,1-2H3. The van der Waals surface area contributed by atoms with Crippen LogP contribution in [-0.4, -0.2) is 44.5 Å². The van der Waals surface area contributed by atoms with Gasteiger partial charge in [-0.15, -0.1) is 0 Å². The number of hydrogen-bond acceptors (Lipinski definition) is 3. The maximum absolute atomic E-state index is 12.1. The van der Waals surface area contributed by atoms with Crippen LogP contribution < -0.4 is 10.6 Å². The third-order valence-electron chi connectivity index (χ3n) is 3.11. The summed E-state index contributed by atoms with van der Waals surface area (Å²) in [5, 5.41) is 6.33. The zero-order chi connectivity index (χ0) is 12.3. The first-order valence-electron chi connectivity index (χ1n) is 5.99. The van der Waals surface area contributed by atoms with Crippen LogP contribution in [0, 0.1) is 0 Å². The minimum atomic E-state index is 0.0803. The highest BCUT2D eigenvalue weighted by Gasteiger charge is 2.15. The average molecular weight is 233 g/mol. The van der Waals surface area contributed by atoms with Gasteiger partial charge in [-0.2, -0.15) is 0 Å². The Hall–Kier alpha value is -1.55. The Bertz CT molecular complexity index is 417. The number of hydrogen-bond donors (Lipinski definition) is 2. The number of carbonyl (C=O) groups excluding carboxylic acids is 1. The van der Waals surface area contributed by atoms with Gasteiger partial charge in [0.2, 0.25) is 0 Å². The van der Waals surface area contributed by atoms with E-state index in [1.807, 2.05) is 26.2 Å². The lowest BCUT2D eigenvalue weighted by Crippen LogP contribution is -2.32. The summed E-state index contributed by atoms with van der Waals surface area (Å²) in [6.45, 7) is 2.51. The van der Waals surface area contributed by atoms with Crippen molar-refractivity contribution in [3.05, 3.63) is 29.3 Å². The van der Waals surface area contributed by atoms with E-state index < -0.39 is 0 Å². The predicted octanol–water partition coefficient (Wildman–Crippen LogP) is 0.946. The van der Waals surface area contributed by atoms with Crippen LogP contribution in [0.2, 0.25) is 0 Å². The third kappa shape index (κ3) is 2.58. The molecule has 0 spiro atoms. The van der Waals surface area contributed by atoms with Crippen molar-refractivity contribution >= 4 is 11.6 Å². The van der Waals surface area contributed by atoms with Crippen molar-refractivity contribution in [2.24, 2.45) is 0 Å². The summed E-state index contributed by atoms with van der Waals surface area (Å²) in [6.07, 6.45) is 1.05. The number of amides is 1. The molecule has 0 aromatic heterocycles. The van der Waals surface area contributed by atoms with Crippen LogP contribution in [0.4, 0.5) is 5.69 Å². The highest BCUT2D eigenvalue weighted by molar-refractivity contribution is 5.95. The summed E-state index contributed by atoms with van der Waals surface area (Å²) in [6, 6.07) is 5.93. The Kier molecular flexibility index (Phi) is 3.64. The van der Waals surface area contributed by atoms with Crippen LogP contribution in [0.25, 0.3) is 0 Å². The highest BCUT2D eigenvalue weighted by atomic mass is 16.2. The predicted molar refractivity (Wildman–Crippen MR) is 69.5 cm³/mol. The molecular formula is C13H19N3O. The molecule has 4 nitrogen and oxygen atoms in total. The van der Waals surface area contributed by atoms with Gasteiger partial charge >= 0.3 is 0 Å². The van der Waals surface area contributed by atoms with Gasteiger partial charge in [0.15, 0.2) is 0 Å². The summed E-state index contributed by atoms with van der Waals surface area (Å²) < 4.78 is 0. The molecule has 1 aliphatic heterocycles. The van der Waals surface area contributed by atoms with Gasteiger partial charge in [0.05, 0.1) is 0 Å². The monoisotopic (exact) mass is 233 g/mol. The summed E-state index contributed by atoms with van der Waals surface area (Å²) in [7, 11) is 3.72. The normalized spacial score (nSPS) is 13.1. The minimum absolute atomic E-state index is 0.0803. The molecule has 1 aromatic rings. The van der Waals surface area contributed by atoms with Crippen LogP contribution >= 0.6 is 0 Å². The second-order valence-electron chi connectivity index (χ2n) is 4.38. The second-order valence-corrected chi connectivity index (χ2v) is 4.38. The molecule has 2 rings (SSSR count). The van der Waals surface area contributed by atoms with Gasteiger partial charge in [-0.3, -0.25) is 4.79 Å². The molecule has 1 amide bonds. The lowest BCUT2D eigenvalue weighted by Gasteiger charge is -2.17. The molecule has 92 valence electrons. The average Bonchev–Trinajstić information content (AvgIpc) is 2.81.